The topological polar surface area (TPSA) is 217 Å². The van der Waals surface area contributed by atoms with Gasteiger partial charge in [-0.2, -0.15) is 0 Å². The maximum Gasteiger partial charge on any atom is 0.344 e. The number of allylic oxidation sites excluding steroid dienone is 1. The van der Waals surface area contributed by atoms with Crippen LogP contribution in [-0.4, -0.2) is 95.9 Å². The van der Waals surface area contributed by atoms with Crippen LogP contribution in [0.2, 0.25) is 0 Å². The van der Waals surface area contributed by atoms with Crippen molar-refractivity contribution in [2.24, 2.45) is 17.8 Å². The number of carbonyl (C=O) groups is 4. The quantitative estimate of drug-likeness (QED) is 0.0863. The van der Waals surface area contributed by atoms with Crippen molar-refractivity contribution in [2.75, 3.05) is 0 Å². The summed E-state index contributed by atoms with van der Waals surface area (Å²) in [5.41, 5.74) is -6.25. The highest BCUT2D eigenvalue weighted by atomic mass is 16.8. The highest BCUT2D eigenvalue weighted by molar-refractivity contribution is 5.98. The van der Waals surface area contributed by atoms with Gasteiger partial charge in [-0.25, -0.2) is 19.2 Å². The molecular formula is C33H44O13. The van der Waals surface area contributed by atoms with Gasteiger partial charge in [-0.05, 0) is 48.2 Å². The first-order valence-electron chi connectivity index (χ1n) is 15.2. The van der Waals surface area contributed by atoms with E-state index >= 15 is 0 Å². The molecule has 2 aliphatic rings. The standard InChI is InChI=1S/C33H44O13/c1-6-18(2)16-19(3)12-13-23(34)44-26-25(36)31(15-14-20(4)24(35)21(5)17-22-10-8-7-9-11-22)45-27(28(37)38)32(43,29(39)40)33(26,46-31)30(41)42/h7-13,18-19,21,24-27,35-36,43H,4,6,14-17H2,1-3,5H3,(H,37,38)(H,39,40)(H,41,42)/b13-12+/t18-,19+,21+,24+,25+,26+,27+,31-,32+,33-/m0/s1. The van der Waals surface area contributed by atoms with Gasteiger partial charge in [-0.3, -0.25) is 0 Å². The monoisotopic (exact) mass is 648 g/mol. The molecule has 3 rings (SSSR count). The van der Waals surface area contributed by atoms with E-state index in [1.807, 2.05) is 51.1 Å². The molecule has 6 N–H and O–H groups in total. The molecule has 0 spiro atoms. The van der Waals surface area contributed by atoms with Gasteiger partial charge in [-0.1, -0.05) is 77.1 Å². The smallest absolute Gasteiger partial charge is 0.344 e. The lowest BCUT2D eigenvalue weighted by Crippen LogP contribution is -2.78. The number of carboxylic acids is 3. The van der Waals surface area contributed by atoms with Gasteiger partial charge in [0.25, 0.3) is 0 Å². The first-order chi connectivity index (χ1) is 21.5. The number of esters is 1. The van der Waals surface area contributed by atoms with Gasteiger partial charge in [0.05, 0.1) is 6.10 Å². The number of benzene rings is 1. The van der Waals surface area contributed by atoms with Crippen molar-refractivity contribution >= 4 is 23.9 Å². The van der Waals surface area contributed by atoms with Crippen molar-refractivity contribution < 1.29 is 64.0 Å². The summed E-state index contributed by atoms with van der Waals surface area (Å²) in [6.45, 7) is 11.5. The molecule has 0 aromatic heterocycles. The van der Waals surface area contributed by atoms with Crippen molar-refractivity contribution in [3.63, 3.8) is 0 Å². The fourth-order valence-electron chi connectivity index (χ4n) is 6.22. The van der Waals surface area contributed by atoms with Crippen molar-refractivity contribution in [1.82, 2.24) is 0 Å². The van der Waals surface area contributed by atoms with E-state index in [0.717, 1.165) is 18.1 Å². The van der Waals surface area contributed by atoms with Crippen LogP contribution in [0.5, 0.6) is 0 Å². The maximum absolute atomic E-state index is 12.9. The van der Waals surface area contributed by atoms with E-state index < -0.39 is 71.7 Å². The van der Waals surface area contributed by atoms with E-state index in [-0.39, 0.29) is 23.8 Å². The minimum Gasteiger partial charge on any atom is -0.479 e. The van der Waals surface area contributed by atoms with Gasteiger partial charge in [0, 0.05) is 12.5 Å². The largest absolute Gasteiger partial charge is 0.479 e. The van der Waals surface area contributed by atoms with Crippen LogP contribution in [0.25, 0.3) is 0 Å². The van der Waals surface area contributed by atoms with E-state index in [2.05, 4.69) is 6.58 Å². The normalized spacial score (nSPS) is 31.5. The Bertz CT molecular complexity index is 1330. The van der Waals surface area contributed by atoms with E-state index in [0.29, 0.717) is 18.8 Å². The third kappa shape index (κ3) is 6.88. The zero-order chi connectivity index (χ0) is 34.6. The molecule has 1 aromatic rings. The van der Waals surface area contributed by atoms with Gasteiger partial charge < -0.3 is 44.8 Å². The first-order valence-corrected chi connectivity index (χ1v) is 15.2. The highest BCUT2D eigenvalue weighted by Gasteiger charge is 2.85. The molecule has 10 atom stereocenters. The predicted octanol–water partition coefficient (Wildman–Crippen LogP) is 2.31. The minimum absolute atomic E-state index is 0.108. The summed E-state index contributed by atoms with van der Waals surface area (Å²) in [5, 5.41) is 64.1. The number of aliphatic hydroxyl groups excluding tert-OH is 2. The Morgan fingerprint density at radius 3 is 2.24 bits per heavy atom. The number of ether oxygens (including phenoxy) is 3. The molecule has 2 bridgehead atoms. The number of fused-ring (bicyclic) bond motifs is 2. The van der Waals surface area contributed by atoms with Crippen LogP contribution in [0.1, 0.15) is 58.9 Å². The van der Waals surface area contributed by atoms with Crippen LogP contribution in [0.3, 0.4) is 0 Å². The van der Waals surface area contributed by atoms with Crippen LogP contribution < -0.4 is 0 Å². The van der Waals surface area contributed by atoms with Crippen molar-refractivity contribution in [2.45, 2.75) is 101 Å². The minimum atomic E-state index is -3.87. The number of aliphatic hydroxyl groups is 3. The third-order valence-electron chi connectivity index (χ3n) is 9.03. The number of carboxylic acid groups (broad SMARTS) is 3. The second-order valence-electron chi connectivity index (χ2n) is 12.5. The average molecular weight is 649 g/mol. The Morgan fingerprint density at radius 2 is 1.70 bits per heavy atom. The SMILES string of the molecule is C=C(CC[C@]12O[C@H](C(=O)O)[C@@](O)(C(=O)O)[C@](C(=O)O)(O1)[C@H](OC(=O)/C=C/[C@@H](C)C[C@@H](C)CC)[C@H]2O)[C@@H](O)[C@H](C)Cc1ccccc1. The Balaban J connectivity index is 1.96. The van der Waals surface area contributed by atoms with Gasteiger partial charge >= 0.3 is 23.9 Å². The fourth-order valence-corrected chi connectivity index (χ4v) is 6.22. The molecule has 13 heteroatoms. The molecule has 0 aliphatic carbocycles. The molecule has 2 heterocycles. The maximum atomic E-state index is 12.9. The second kappa shape index (κ2) is 14.4. The Kier molecular flexibility index (Phi) is 11.6. The fraction of sp³-hybridized carbons (Fsp3) is 0.576. The number of aliphatic carboxylic acids is 3. The van der Waals surface area contributed by atoms with Gasteiger partial charge in [-0.15, -0.1) is 0 Å². The van der Waals surface area contributed by atoms with Crippen LogP contribution in [0.4, 0.5) is 0 Å². The third-order valence-corrected chi connectivity index (χ3v) is 9.03. The molecule has 254 valence electrons. The molecule has 1 aromatic carbocycles. The van der Waals surface area contributed by atoms with E-state index in [1.165, 1.54) is 6.08 Å². The molecular weight excluding hydrogens is 604 g/mol. The van der Waals surface area contributed by atoms with Crippen LogP contribution in [-0.2, 0) is 39.8 Å². The Labute approximate surface area is 267 Å². The van der Waals surface area contributed by atoms with Crippen LogP contribution in [0, 0.1) is 17.8 Å². The predicted molar refractivity (Wildman–Crippen MR) is 161 cm³/mol. The van der Waals surface area contributed by atoms with E-state index in [9.17, 15) is 49.8 Å². The number of hydrogen-bond acceptors (Lipinski definition) is 10. The van der Waals surface area contributed by atoms with E-state index in [1.54, 1.807) is 6.92 Å². The summed E-state index contributed by atoms with van der Waals surface area (Å²) < 4.78 is 16.3. The molecule has 0 unspecified atom stereocenters. The number of carbonyl (C=O) groups excluding carboxylic acids is 1. The van der Waals surface area contributed by atoms with Gasteiger partial charge in [0.2, 0.25) is 23.1 Å². The summed E-state index contributed by atoms with van der Waals surface area (Å²) >= 11 is 0. The number of hydrogen-bond donors (Lipinski definition) is 6. The van der Waals surface area contributed by atoms with Gasteiger partial charge in [0.15, 0.2) is 6.10 Å². The van der Waals surface area contributed by atoms with Crippen LogP contribution >= 0.6 is 0 Å². The summed E-state index contributed by atoms with van der Waals surface area (Å²) in [7, 11) is 0. The molecule has 2 saturated heterocycles. The molecule has 0 radical (unpaired) electrons. The lowest BCUT2D eigenvalue weighted by Gasteiger charge is -2.48. The second-order valence-corrected chi connectivity index (χ2v) is 12.5. The van der Waals surface area contributed by atoms with E-state index in [4.69, 9.17) is 14.2 Å². The number of rotatable bonds is 16. The first kappa shape index (κ1) is 36.8. The highest BCUT2D eigenvalue weighted by Crippen LogP contribution is 2.55. The Hall–Kier alpha value is -3.62. The van der Waals surface area contributed by atoms with Crippen molar-refractivity contribution in [3.05, 3.63) is 60.2 Å². The van der Waals surface area contributed by atoms with Crippen molar-refractivity contribution in [1.29, 1.82) is 0 Å². The van der Waals surface area contributed by atoms with Crippen molar-refractivity contribution in [3.8, 4) is 0 Å². The Morgan fingerprint density at radius 1 is 1.07 bits per heavy atom. The lowest BCUT2D eigenvalue weighted by molar-refractivity contribution is -0.374. The molecule has 0 amide bonds. The zero-order valence-corrected chi connectivity index (χ0v) is 26.4. The molecule has 46 heavy (non-hydrogen) atoms. The summed E-state index contributed by atoms with van der Waals surface area (Å²) in [6.07, 6.45) is -4.84. The van der Waals surface area contributed by atoms with Gasteiger partial charge in [0.1, 0.15) is 6.10 Å². The van der Waals surface area contributed by atoms with Crippen LogP contribution in [0.15, 0.2) is 54.6 Å². The molecule has 2 aliphatic heterocycles. The summed E-state index contributed by atoms with van der Waals surface area (Å²) in [6, 6.07) is 9.31. The zero-order valence-electron chi connectivity index (χ0n) is 26.4. The molecule has 13 nitrogen and oxygen atoms in total. The molecule has 0 saturated carbocycles. The summed E-state index contributed by atoms with van der Waals surface area (Å²) in [5.74, 6) is -10.6. The average Bonchev–Trinajstić information content (AvgIpc) is 3.22. The molecule has 2 fully saturated rings. The summed E-state index contributed by atoms with van der Waals surface area (Å²) in [4.78, 5) is 50.5. The lowest BCUT2D eigenvalue weighted by atomic mass is 9.74.